The van der Waals surface area contributed by atoms with Crippen LogP contribution in [0.5, 0.6) is 5.75 Å². The van der Waals surface area contributed by atoms with E-state index in [0.717, 1.165) is 5.56 Å². The Kier molecular flexibility index (Phi) is 8.59. The predicted molar refractivity (Wildman–Crippen MR) is 112 cm³/mol. The van der Waals surface area contributed by atoms with E-state index in [9.17, 15) is 14.2 Å². The first-order valence-electron chi connectivity index (χ1n) is 9.15. The molecule has 0 heterocycles. The molecule has 0 aromatic heterocycles. The van der Waals surface area contributed by atoms with Gasteiger partial charge in [0.1, 0.15) is 11.8 Å². The molecule has 9 heteroatoms. The molecule has 0 spiro atoms. The number of methoxy groups -OCH3 is 2. The zero-order chi connectivity index (χ0) is 22.1. The van der Waals surface area contributed by atoms with Gasteiger partial charge in [-0.1, -0.05) is 24.3 Å². The Morgan fingerprint density at radius 3 is 2.20 bits per heavy atom. The first-order chi connectivity index (χ1) is 14.3. The number of amides is 1. The molecule has 0 saturated carbocycles. The summed E-state index contributed by atoms with van der Waals surface area (Å²) in [6, 6.07) is 12.9. The van der Waals surface area contributed by atoms with Gasteiger partial charge in [-0.2, -0.15) is 0 Å². The van der Waals surface area contributed by atoms with Gasteiger partial charge < -0.3 is 23.8 Å². The van der Waals surface area contributed by atoms with Crippen molar-refractivity contribution < 1.29 is 32.7 Å². The van der Waals surface area contributed by atoms with Gasteiger partial charge in [0.2, 0.25) is 0 Å². The zero-order valence-electron chi connectivity index (χ0n) is 17.4. The Bertz CT molecular complexity index is 906. The Labute approximate surface area is 176 Å². The number of ether oxygens (including phenoxy) is 2. The number of hydrogen-bond acceptors (Lipinski definition) is 7. The van der Waals surface area contributed by atoms with Crippen LogP contribution in [0.2, 0.25) is 0 Å². The minimum Gasteiger partial charge on any atom is -0.497 e. The fourth-order valence-corrected chi connectivity index (χ4v) is 3.87. The lowest BCUT2D eigenvalue weighted by atomic mass is 10.0. The molecule has 0 radical (unpaired) electrons. The van der Waals surface area contributed by atoms with Crippen molar-refractivity contribution >= 4 is 19.5 Å². The minimum atomic E-state index is -3.20. The normalized spacial score (nSPS) is 12.1. The predicted octanol–water partition coefficient (Wildman–Crippen LogP) is 3.20. The lowest BCUT2D eigenvalue weighted by Crippen LogP contribution is -2.43. The summed E-state index contributed by atoms with van der Waals surface area (Å²) in [5.74, 6) is -0.326. The fraction of sp³-hybridized carbons (Fsp3) is 0.333. The Balaban J connectivity index is 2.11. The molecule has 2 rings (SSSR count). The minimum absolute atomic E-state index is 0.0858. The van der Waals surface area contributed by atoms with Crippen molar-refractivity contribution in [2.75, 3.05) is 28.4 Å². The third-order valence-electron chi connectivity index (χ3n) is 4.51. The number of nitrogens with one attached hydrogen (secondary N) is 1. The van der Waals surface area contributed by atoms with E-state index in [1.165, 1.54) is 21.3 Å². The van der Waals surface area contributed by atoms with E-state index in [0.29, 0.717) is 16.9 Å². The summed E-state index contributed by atoms with van der Waals surface area (Å²) in [6.07, 6.45) is 0.334. The number of esters is 1. The van der Waals surface area contributed by atoms with Gasteiger partial charge >= 0.3 is 13.6 Å². The SMILES string of the molecule is COC(=O)[C@@H](Cc1cccc(OC)c1)NC(=O)c1ccc(CP(=O)(OC)OC)cc1. The fourth-order valence-electron chi connectivity index (χ4n) is 2.80. The summed E-state index contributed by atoms with van der Waals surface area (Å²) >= 11 is 0. The summed E-state index contributed by atoms with van der Waals surface area (Å²) in [5, 5.41) is 2.70. The van der Waals surface area contributed by atoms with Crippen LogP contribution in [-0.4, -0.2) is 46.4 Å². The molecule has 0 saturated heterocycles. The molecule has 162 valence electrons. The van der Waals surface area contributed by atoms with Crippen LogP contribution in [0.15, 0.2) is 48.5 Å². The van der Waals surface area contributed by atoms with Gasteiger partial charge in [0, 0.05) is 26.2 Å². The average molecular weight is 435 g/mol. The molecular formula is C21H26NO7P. The number of hydrogen-bond donors (Lipinski definition) is 1. The molecule has 0 aliphatic heterocycles. The Morgan fingerprint density at radius 1 is 0.967 bits per heavy atom. The average Bonchev–Trinajstić information content (AvgIpc) is 2.78. The lowest BCUT2D eigenvalue weighted by molar-refractivity contribution is -0.142. The highest BCUT2D eigenvalue weighted by molar-refractivity contribution is 7.52. The summed E-state index contributed by atoms with van der Waals surface area (Å²) in [6.45, 7) is 0. The van der Waals surface area contributed by atoms with Crippen molar-refractivity contribution in [1.82, 2.24) is 5.32 Å². The molecule has 0 bridgehead atoms. The molecule has 2 aromatic carbocycles. The van der Waals surface area contributed by atoms with Crippen molar-refractivity contribution in [1.29, 1.82) is 0 Å². The first kappa shape index (κ1) is 23.6. The van der Waals surface area contributed by atoms with Crippen LogP contribution in [0.25, 0.3) is 0 Å². The maximum atomic E-state index is 12.6. The quantitative estimate of drug-likeness (QED) is 0.452. The molecule has 1 atom stereocenters. The second kappa shape index (κ2) is 10.9. The molecule has 8 nitrogen and oxygen atoms in total. The lowest BCUT2D eigenvalue weighted by Gasteiger charge is -2.17. The Morgan fingerprint density at radius 2 is 1.63 bits per heavy atom. The van der Waals surface area contributed by atoms with E-state index >= 15 is 0 Å². The van der Waals surface area contributed by atoms with Gasteiger partial charge in [-0.15, -0.1) is 0 Å². The topological polar surface area (TPSA) is 100 Å². The summed E-state index contributed by atoms with van der Waals surface area (Å²) in [4.78, 5) is 24.8. The van der Waals surface area contributed by atoms with Crippen LogP contribution in [0.4, 0.5) is 0 Å². The molecule has 30 heavy (non-hydrogen) atoms. The van der Waals surface area contributed by atoms with Crippen LogP contribution in [0.3, 0.4) is 0 Å². The van der Waals surface area contributed by atoms with E-state index in [-0.39, 0.29) is 12.6 Å². The van der Waals surface area contributed by atoms with Crippen LogP contribution < -0.4 is 10.1 Å². The summed E-state index contributed by atoms with van der Waals surface area (Å²) in [5.41, 5.74) is 1.86. The maximum Gasteiger partial charge on any atom is 0.334 e. The van der Waals surface area contributed by atoms with Crippen molar-refractivity contribution in [2.24, 2.45) is 0 Å². The van der Waals surface area contributed by atoms with Gasteiger partial charge in [0.25, 0.3) is 5.91 Å². The van der Waals surface area contributed by atoms with Gasteiger partial charge in [-0.25, -0.2) is 4.79 Å². The molecule has 1 amide bonds. The van der Waals surface area contributed by atoms with Gasteiger partial charge in [0.15, 0.2) is 0 Å². The number of benzene rings is 2. The third-order valence-corrected chi connectivity index (χ3v) is 6.38. The molecular weight excluding hydrogens is 409 g/mol. The van der Waals surface area contributed by atoms with E-state index in [2.05, 4.69) is 5.32 Å². The maximum absolute atomic E-state index is 12.6. The van der Waals surface area contributed by atoms with E-state index in [4.69, 9.17) is 18.5 Å². The van der Waals surface area contributed by atoms with Crippen LogP contribution >= 0.6 is 7.60 Å². The van der Waals surface area contributed by atoms with E-state index in [1.807, 2.05) is 12.1 Å². The second-order valence-corrected chi connectivity index (χ2v) is 8.70. The molecule has 0 fully saturated rings. The highest BCUT2D eigenvalue weighted by Crippen LogP contribution is 2.49. The van der Waals surface area contributed by atoms with Gasteiger partial charge in [-0.3, -0.25) is 9.36 Å². The van der Waals surface area contributed by atoms with Gasteiger partial charge in [-0.05, 0) is 35.4 Å². The molecule has 0 aliphatic carbocycles. The number of rotatable bonds is 10. The van der Waals surface area contributed by atoms with Crippen molar-refractivity contribution in [3.63, 3.8) is 0 Å². The summed E-state index contributed by atoms with van der Waals surface area (Å²) < 4.78 is 32.1. The van der Waals surface area contributed by atoms with E-state index < -0.39 is 25.5 Å². The first-order valence-corrected chi connectivity index (χ1v) is 10.9. The van der Waals surface area contributed by atoms with Crippen molar-refractivity contribution in [3.8, 4) is 5.75 Å². The smallest absolute Gasteiger partial charge is 0.334 e. The largest absolute Gasteiger partial charge is 0.497 e. The summed E-state index contributed by atoms with van der Waals surface area (Å²) in [7, 11) is 2.27. The molecule has 2 aromatic rings. The number of carbonyl (C=O) groups excluding carboxylic acids is 2. The monoisotopic (exact) mass is 435 g/mol. The Hall–Kier alpha value is -2.67. The highest BCUT2D eigenvalue weighted by atomic mass is 31.2. The molecule has 0 aliphatic rings. The van der Waals surface area contributed by atoms with Gasteiger partial charge in [0.05, 0.1) is 20.4 Å². The van der Waals surface area contributed by atoms with E-state index in [1.54, 1.807) is 43.5 Å². The second-order valence-electron chi connectivity index (χ2n) is 6.44. The highest BCUT2D eigenvalue weighted by Gasteiger charge is 2.24. The third kappa shape index (κ3) is 6.42. The molecule has 0 unspecified atom stereocenters. The standard InChI is InChI=1S/C21H26NO7P/c1-26-18-7-5-6-16(12-18)13-19(21(24)27-2)22-20(23)17-10-8-15(9-11-17)14-30(25,28-3)29-4/h5-12,19H,13-14H2,1-4H3,(H,22,23)/t19-/m1/s1. The molecule has 1 N–H and O–H groups in total. The van der Waals surface area contributed by atoms with Crippen LogP contribution in [-0.2, 0) is 35.7 Å². The zero-order valence-corrected chi connectivity index (χ0v) is 18.3. The number of carbonyl (C=O) groups is 2. The van der Waals surface area contributed by atoms with Crippen molar-refractivity contribution in [3.05, 3.63) is 65.2 Å². The van der Waals surface area contributed by atoms with Crippen LogP contribution in [0.1, 0.15) is 21.5 Å². The van der Waals surface area contributed by atoms with Crippen LogP contribution in [0, 0.1) is 0 Å². The van der Waals surface area contributed by atoms with Crippen molar-refractivity contribution in [2.45, 2.75) is 18.6 Å².